The van der Waals surface area contributed by atoms with Gasteiger partial charge in [-0.05, 0) is 55.6 Å². The summed E-state index contributed by atoms with van der Waals surface area (Å²) in [7, 11) is 0. The van der Waals surface area contributed by atoms with Crippen LogP contribution in [0.25, 0.3) is 0 Å². The lowest BCUT2D eigenvalue weighted by atomic mass is 9.95. The fourth-order valence-electron chi connectivity index (χ4n) is 2.94. The van der Waals surface area contributed by atoms with Gasteiger partial charge in [0.25, 0.3) is 0 Å². The Balaban J connectivity index is 1.64. The molecule has 1 heterocycles. The number of nitrogens with one attached hydrogen (secondary N) is 2. The van der Waals surface area contributed by atoms with Crippen molar-refractivity contribution in [2.75, 3.05) is 5.32 Å². The number of guanidine groups is 1. The summed E-state index contributed by atoms with van der Waals surface area (Å²) in [5.74, 6) is 2.00. The fourth-order valence-corrected chi connectivity index (χ4v) is 3.82. The van der Waals surface area contributed by atoms with E-state index in [0.717, 1.165) is 16.1 Å². The number of hydrogen-bond donors (Lipinski definition) is 2. The molecule has 3 aromatic carbocycles. The van der Waals surface area contributed by atoms with Gasteiger partial charge in [-0.15, -0.1) is 0 Å². The fraction of sp³-hybridized carbons (Fsp3) is 0.136. The average molecular weight is 410 g/mol. The maximum atomic E-state index is 6.25. The first kappa shape index (κ1) is 18.7. The predicted molar refractivity (Wildman–Crippen MR) is 117 cm³/mol. The number of aliphatic imine (C=N–C) groups is 1. The second-order valence-corrected chi connectivity index (χ2v) is 8.13. The summed E-state index contributed by atoms with van der Waals surface area (Å²) >= 11 is 7.76. The van der Waals surface area contributed by atoms with Crippen molar-refractivity contribution in [1.29, 1.82) is 0 Å². The van der Waals surface area contributed by atoms with Crippen LogP contribution < -0.4 is 14.8 Å². The molecule has 4 rings (SSSR count). The van der Waals surface area contributed by atoms with Gasteiger partial charge in [-0.25, -0.2) is 4.99 Å². The van der Waals surface area contributed by atoms with Gasteiger partial charge in [-0.3, -0.25) is 4.72 Å². The number of hydrogen-bond acceptors (Lipinski definition) is 3. The molecule has 6 heteroatoms. The molecule has 28 heavy (non-hydrogen) atoms. The third-order valence-electron chi connectivity index (χ3n) is 4.42. The van der Waals surface area contributed by atoms with Crippen molar-refractivity contribution in [2.24, 2.45) is 4.99 Å². The molecule has 0 aromatic heterocycles. The first-order valence-corrected chi connectivity index (χ1v) is 10.1. The first-order chi connectivity index (χ1) is 13.5. The molecule has 1 aliphatic rings. The van der Waals surface area contributed by atoms with Gasteiger partial charge in [0.2, 0.25) is 5.96 Å². The Bertz CT molecular complexity index is 1020. The third kappa shape index (κ3) is 3.96. The summed E-state index contributed by atoms with van der Waals surface area (Å²) < 4.78 is 9.36. The van der Waals surface area contributed by atoms with Crippen molar-refractivity contribution >= 4 is 35.2 Å². The van der Waals surface area contributed by atoms with Gasteiger partial charge in [-0.2, -0.15) is 0 Å². The van der Waals surface area contributed by atoms with E-state index < -0.39 is 0 Å². The van der Waals surface area contributed by atoms with Gasteiger partial charge in [0.15, 0.2) is 5.75 Å². The Labute approximate surface area is 174 Å². The van der Waals surface area contributed by atoms with Crippen LogP contribution in [0.2, 0.25) is 5.02 Å². The van der Waals surface area contributed by atoms with Crippen LogP contribution >= 0.6 is 23.5 Å². The van der Waals surface area contributed by atoms with Crippen LogP contribution in [0.1, 0.15) is 19.4 Å². The second kappa shape index (κ2) is 7.78. The van der Waals surface area contributed by atoms with Gasteiger partial charge >= 0.3 is 0 Å². The molecule has 0 spiro atoms. The van der Waals surface area contributed by atoms with Gasteiger partial charge in [0.1, 0.15) is 5.75 Å². The quantitative estimate of drug-likeness (QED) is 0.486. The summed E-state index contributed by atoms with van der Waals surface area (Å²) in [6.07, 6.45) is 0. The zero-order valence-corrected chi connectivity index (χ0v) is 17.1. The topological polar surface area (TPSA) is 45.7 Å². The highest BCUT2D eigenvalue weighted by Crippen LogP contribution is 2.40. The number of para-hydroxylation sites is 2. The molecule has 4 nitrogen and oxygen atoms in total. The summed E-state index contributed by atoms with van der Waals surface area (Å²) in [5, 5.41) is 3.95. The molecule has 0 fully saturated rings. The highest BCUT2D eigenvalue weighted by Gasteiger charge is 2.24. The highest BCUT2D eigenvalue weighted by atomic mass is 35.5. The number of rotatable bonds is 4. The molecule has 0 saturated carbocycles. The van der Waals surface area contributed by atoms with Crippen LogP contribution in [0, 0.1) is 0 Å². The van der Waals surface area contributed by atoms with Crippen molar-refractivity contribution in [3.63, 3.8) is 0 Å². The monoisotopic (exact) mass is 409 g/mol. The van der Waals surface area contributed by atoms with Crippen molar-refractivity contribution < 1.29 is 4.74 Å². The van der Waals surface area contributed by atoms with Gasteiger partial charge < -0.3 is 10.1 Å². The molecule has 0 saturated heterocycles. The van der Waals surface area contributed by atoms with E-state index in [4.69, 9.17) is 21.3 Å². The van der Waals surface area contributed by atoms with E-state index in [2.05, 4.69) is 36.0 Å². The van der Waals surface area contributed by atoms with E-state index in [0.29, 0.717) is 22.5 Å². The lowest BCUT2D eigenvalue weighted by molar-refractivity contribution is 0.484. The van der Waals surface area contributed by atoms with Crippen molar-refractivity contribution in [3.05, 3.63) is 83.4 Å². The van der Waals surface area contributed by atoms with E-state index in [-0.39, 0.29) is 5.54 Å². The summed E-state index contributed by atoms with van der Waals surface area (Å²) in [5.41, 5.74) is 1.63. The van der Waals surface area contributed by atoms with Crippen molar-refractivity contribution in [2.45, 2.75) is 24.3 Å². The summed E-state index contributed by atoms with van der Waals surface area (Å²) in [6.45, 7) is 4.18. The molecule has 142 valence electrons. The Morgan fingerprint density at radius 2 is 1.61 bits per heavy atom. The standard InChI is InChI=1S/C22H20ClN3OS/c1-22(2,15-9-4-3-5-10-15)25-21-24-20-18(13-8-14-19(20)28-26-21)27-17-12-7-6-11-16(17)23/h3-14H,1-2H3,(H2,24,25,26). The lowest BCUT2D eigenvalue weighted by Gasteiger charge is -2.27. The second-order valence-electron chi connectivity index (χ2n) is 6.88. The molecule has 0 amide bonds. The van der Waals surface area contributed by atoms with Gasteiger partial charge in [0, 0.05) is 0 Å². The van der Waals surface area contributed by atoms with Crippen molar-refractivity contribution in [3.8, 4) is 11.5 Å². The largest absolute Gasteiger partial charge is 0.454 e. The van der Waals surface area contributed by atoms with Crippen LogP contribution in [0.5, 0.6) is 11.5 Å². The van der Waals surface area contributed by atoms with E-state index in [1.807, 2.05) is 60.7 Å². The molecular formula is C22H20ClN3OS. The number of benzene rings is 3. The van der Waals surface area contributed by atoms with E-state index in [9.17, 15) is 0 Å². The number of ether oxygens (including phenoxy) is 1. The minimum Gasteiger partial charge on any atom is -0.454 e. The molecule has 0 radical (unpaired) electrons. The van der Waals surface area contributed by atoms with Crippen LogP contribution in [-0.2, 0) is 5.54 Å². The third-order valence-corrected chi connectivity index (χ3v) is 5.58. The predicted octanol–water partition coefficient (Wildman–Crippen LogP) is 6.45. The Morgan fingerprint density at radius 3 is 2.39 bits per heavy atom. The van der Waals surface area contributed by atoms with Gasteiger partial charge in [-0.1, -0.05) is 60.1 Å². The smallest absolute Gasteiger partial charge is 0.207 e. The SMILES string of the molecule is CC(C)(N=C1NSc2cccc(Oc3ccccc3Cl)c2N1)c1ccccc1. The molecule has 0 atom stereocenters. The van der Waals surface area contributed by atoms with Gasteiger partial charge in [0.05, 0.1) is 21.1 Å². The Morgan fingerprint density at radius 1 is 0.893 bits per heavy atom. The first-order valence-electron chi connectivity index (χ1n) is 8.93. The molecule has 0 unspecified atom stereocenters. The van der Waals surface area contributed by atoms with E-state index in [1.165, 1.54) is 11.9 Å². The maximum absolute atomic E-state index is 6.25. The molecular weight excluding hydrogens is 390 g/mol. The average Bonchev–Trinajstić information content (AvgIpc) is 2.70. The summed E-state index contributed by atoms with van der Waals surface area (Å²) in [4.78, 5) is 5.92. The molecule has 2 N–H and O–H groups in total. The zero-order chi connectivity index (χ0) is 19.6. The van der Waals surface area contributed by atoms with Crippen LogP contribution in [0.3, 0.4) is 0 Å². The Kier molecular flexibility index (Phi) is 5.20. The van der Waals surface area contributed by atoms with E-state index >= 15 is 0 Å². The molecule has 1 aliphatic heterocycles. The number of fused-ring (bicyclic) bond motifs is 1. The summed E-state index contributed by atoms with van der Waals surface area (Å²) in [6, 6.07) is 23.6. The highest BCUT2D eigenvalue weighted by molar-refractivity contribution is 7.98. The number of anilines is 1. The molecule has 0 aliphatic carbocycles. The number of halogens is 1. The Hall–Kier alpha value is -2.63. The normalized spacial score (nSPS) is 14.8. The van der Waals surface area contributed by atoms with Crippen molar-refractivity contribution in [1.82, 2.24) is 4.72 Å². The van der Waals surface area contributed by atoms with E-state index in [1.54, 1.807) is 0 Å². The zero-order valence-electron chi connectivity index (χ0n) is 15.6. The van der Waals surface area contributed by atoms with Crippen LogP contribution in [0.4, 0.5) is 5.69 Å². The minimum atomic E-state index is -0.382. The molecule has 3 aromatic rings. The minimum absolute atomic E-state index is 0.382. The lowest BCUT2D eigenvalue weighted by Crippen LogP contribution is -2.32. The van der Waals surface area contributed by atoms with Crippen LogP contribution in [0.15, 0.2) is 82.7 Å². The number of nitrogens with zero attached hydrogens (tertiary/aromatic N) is 1. The maximum Gasteiger partial charge on any atom is 0.207 e. The van der Waals surface area contributed by atoms with Crippen LogP contribution in [-0.4, -0.2) is 5.96 Å². The molecule has 0 bridgehead atoms.